The van der Waals surface area contributed by atoms with Gasteiger partial charge in [0, 0.05) is 6.54 Å². The summed E-state index contributed by atoms with van der Waals surface area (Å²) in [6, 6.07) is 0. The van der Waals surface area contributed by atoms with E-state index >= 15 is 0 Å². The zero-order valence-electron chi connectivity index (χ0n) is 7.72. The first-order chi connectivity index (χ1) is 6.75. The third-order valence-electron chi connectivity index (χ3n) is 2.44. The molecule has 0 aliphatic carbocycles. The zero-order chi connectivity index (χ0) is 9.97. The molecule has 0 saturated carbocycles. The van der Waals surface area contributed by atoms with Crippen molar-refractivity contribution in [3.8, 4) is 0 Å². The van der Waals surface area contributed by atoms with Gasteiger partial charge in [0.25, 0.3) is 0 Å². The molecule has 1 aromatic rings. The molecular weight excluding hydrogens is 184 g/mol. The molecule has 14 heavy (non-hydrogen) atoms. The minimum absolute atomic E-state index is 0.0657. The summed E-state index contributed by atoms with van der Waals surface area (Å²) in [4.78, 5) is 9.97. The largest absolute Gasteiger partial charge is 0.316 e. The van der Waals surface area contributed by atoms with Crippen LogP contribution in [0, 0.1) is 16.0 Å². The Bertz CT molecular complexity index is 330. The molecule has 2 heterocycles. The van der Waals surface area contributed by atoms with Crippen molar-refractivity contribution in [1.82, 2.24) is 15.1 Å². The topological polar surface area (TPSA) is 73.0 Å². The lowest BCUT2D eigenvalue weighted by molar-refractivity contribution is -0.385. The van der Waals surface area contributed by atoms with Gasteiger partial charge in [0.2, 0.25) is 0 Å². The third-order valence-corrected chi connectivity index (χ3v) is 2.44. The van der Waals surface area contributed by atoms with E-state index in [4.69, 9.17) is 0 Å². The summed E-state index contributed by atoms with van der Waals surface area (Å²) in [7, 11) is 0. The molecule has 1 aromatic heterocycles. The van der Waals surface area contributed by atoms with Crippen molar-refractivity contribution < 1.29 is 4.92 Å². The molecule has 1 unspecified atom stereocenters. The summed E-state index contributed by atoms with van der Waals surface area (Å²) < 4.78 is 1.65. The molecule has 0 spiro atoms. The van der Waals surface area contributed by atoms with Gasteiger partial charge in [-0.2, -0.15) is 5.10 Å². The highest BCUT2D eigenvalue weighted by atomic mass is 16.6. The van der Waals surface area contributed by atoms with Crippen LogP contribution >= 0.6 is 0 Å². The van der Waals surface area contributed by atoms with Crippen molar-refractivity contribution in [2.75, 3.05) is 13.1 Å². The molecule has 6 nitrogen and oxygen atoms in total. The van der Waals surface area contributed by atoms with E-state index in [-0.39, 0.29) is 5.69 Å². The third kappa shape index (κ3) is 1.90. The summed E-state index contributed by atoms with van der Waals surface area (Å²) >= 11 is 0. The fourth-order valence-electron chi connectivity index (χ4n) is 1.68. The first-order valence-corrected chi connectivity index (χ1v) is 4.63. The molecule has 6 heteroatoms. The molecule has 0 aromatic carbocycles. The Balaban J connectivity index is 1.98. The maximum absolute atomic E-state index is 10.4. The van der Waals surface area contributed by atoms with Crippen LogP contribution in [0.5, 0.6) is 0 Å². The lowest BCUT2D eigenvalue weighted by Crippen LogP contribution is -2.14. The van der Waals surface area contributed by atoms with E-state index < -0.39 is 4.92 Å². The fraction of sp³-hybridized carbons (Fsp3) is 0.625. The molecular formula is C8H12N4O2. The second-order valence-electron chi connectivity index (χ2n) is 3.54. The minimum atomic E-state index is -0.420. The summed E-state index contributed by atoms with van der Waals surface area (Å²) in [6.45, 7) is 2.78. The Morgan fingerprint density at radius 2 is 2.64 bits per heavy atom. The van der Waals surface area contributed by atoms with E-state index in [0.29, 0.717) is 5.92 Å². The number of aromatic nitrogens is 2. The molecule has 0 radical (unpaired) electrons. The molecule has 0 amide bonds. The van der Waals surface area contributed by atoms with Gasteiger partial charge >= 0.3 is 5.69 Å². The van der Waals surface area contributed by atoms with Crippen molar-refractivity contribution >= 4 is 5.69 Å². The smallest absolute Gasteiger partial charge is 0.306 e. The molecule has 1 saturated heterocycles. The maximum atomic E-state index is 10.4. The summed E-state index contributed by atoms with van der Waals surface area (Å²) in [5.74, 6) is 0.550. The van der Waals surface area contributed by atoms with E-state index in [1.165, 1.54) is 12.4 Å². The van der Waals surface area contributed by atoms with Crippen LogP contribution in [0.25, 0.3) is 0 Å². The Labute approximate surface area is 81.1 Å². The first kappa shape index (κ1) is 9.14. The van der Waals surface area contributed by atoms with Gasteiger partial charge in [-0.25, -0.2) is 0 Å². The van der Waals surface area contributed by atoms with E-state index in [2.05, 4.69) is 10.4 Å². The molecule has 1 aliphatic heterocycles. The average molecular weight is 196 g/mol. The number of hydrogen-bond donors (Lipinski definition) is 1. The van der Waals surface area contributed by atoms with Crippen LogP contribution in [0.15, 0.2) is 12.4 Å². The highest BCUT2D eigenvalue weighted by molar-refractivity contribution is 5.20. The number of nitrogens with one attached hydrogen (secondary N) is 1. The van der Waals surface area contributed by atoms with Crippen LogP contribution in [-0.2, 0) is 6.54 Å². The number of hydrogen-bond acceptors (Lipinski definition) is 4. The van der Waals surface area contributed by atoms with Gasteiger partial charge in [-0.3, -0.25) is 14.8 Å². The number of nitro groups is 1. The van der Waals surface area contributed by atoms with E-state index in [9.17, 15) is 10.1 Å². The molecule has 1 fully saturated rings. The number of rotatable bonds is 3. The van der Waals surface area contributed by atoms with E-state index in [0.717, 1.165) is 26.1 Å². The second kappa shape index (κ2) is 3.75. The van der Waals surface area contributed by atoms with Gasteiger partial charge < -0.3 is 5.32 Å². The van der Waals surface area contributed by atoms with Gasteiger partial charge in [0.1, 0.15) is 12.4 Å². The second-order valence-corrected chi connectivity index (χ2v) is 3.54. The van der Waals surface area contributed by atoms with Crippen LogP contribution in [0.1, 0.15) is 6.42 Å². The predicted octanol–water partition coefficient (Wildman–Crippen LogP) is 0.401. The molecule has 0 bridgehead atoms. The average Bonchev–Trinajstić information content (AvgIpc) is 2.75. The van der Waals surface area contributed by atoms with E-state index in [1.54, 1.807) is 4.68 Å². The summed E-state index contributed by atoms with van der Waals surface area (Å²) in [6.07, 6.45) is 3.90. The first-order valence-electron chi connectivity index (χ1n) is 4.63. The molecule has 2 rings (SSSR count). The molecule has 1 aliphatic rings. The monoisotopic (exact) mass is 196 g/mol. The Morgan fingerprint density at radius 3 is 3.21 bits per heavy atom. The van der Waals surface area contributed by atoms with Crippen LogP contribution in [-0.4, -0.2) is 27.8 Å². The quantitative estimate of drug-likeness (QED) is 0.561. The lowest BCUT2D eigenvalue weighted by atomic mass is 10.1. The van der Waals surface area contributed by atoms with Crippen molar-refractivity contribution in [2.45, 2.75) is 13.0 Å². The predicted molar refractivity (Wildman–Crippen MR) is 49.9 cm³/mol. The highest BCUT2D eigenvalue weighted by Crippen LogP contribution is 2.13. The number of nitrogens with zero attached hydrogens (tertiary/aromatic N) is 3. The SMILES string of the molecule is O=[N+]([O-])c1cnn(CC2CCNC2)c1. The van der Waals surface area contributed by atoms with Gasteiger partial charge in [-0.05, 0) is 25.4 Å². The Hall–Kier alpha value is -1.43. The normalized spacial score (nSPS) is 21.3. The Kier molecular flexibility index (Phi) is 2.45. The van der Waals surface area contributed by atoms with Crippen molar-refractivity contribution in [2.24, 2.45) is 5.92 Å². The fourth-order valence-corrected chi connectivity index (χ4v) is 1.68. The molecule has 76 valence electrons. The van der Waals surface area contributed by atoms with Gasteiger partial charge in [0.05, 0.1) is 4.92 Å². The summed E-state index contributed by atoms with van der Waals surface area (Å²) in [5.41, 5.74) is 0.0657. The zero-order valence-corrected chi connectivity index (χ0v) is 7.72. The van der Waals surface area contributed by atoms with Crippen LogP contribution in [0.2, 0.25) is 0 Å². The Morgan fingerprint density at radius 1 is 1.79 bits per heavy atom. The standard InChI is InChI=1S/C8H12N4O2/c13-12(14)8-4-10-11(6-8)5-7-1-2-9-3-7/h4,6-7,9H,1-3,5H2. The van der Waals surface area contributed by atoms with Crippen molar-refractivity contribution in [3.05, 3.63) is 22.5 Å². The van der Waals surface area contributed by atoms with Gasteiger partial charge in [-0.15, -0.1) is 0 Å². The van der Waals surface area contributed by atoms with Crippen LogP contribution in [0.3, 0.4) is 0 Å². The molecule has 1 N–H and O–H groups in total. The lowest BCUT2D eigenvalue weighted by Gasteiger charge is -2.06. The van der Waals surface area contributed by atoms with Crippen molar-refractivity contribution in [3.63, 3.8) is 0 Å². The van der Waals surface area contributed by atoms with Crippen molar-refractivity contribution in [1.29, 1.82) is 0 Å². The van der Waals surface area contributed by atoms with E-state index in [1.807, 2.05) is 0 Å². The maximum Gasteiger partial charge on any atom is 0.306 e. The van der Waals surface area contributed by atoms with Crippen LogP contribution in [0.4, 0.5) is 5.69 Å². The molecule has 1 atom stereocenters. The van der Waals surface area contributed by atoms with Gasteiger partial charge in [0.15, 0.2) is 0 Å². The summed E-state index contributed by atoms with van der Waals surface area (Å²) in [5, 5.41) is 17.6. The van der Waals surface area contributed by atoms with Crippen LogP contribution < -0.4 is 5.32 Å². The van der Waals surface area contributed by atoms with Gasteiger partial charge in [-0.1, -0.05) is 0 Å². The highest BCUT2D eigenvalue weighted by Gasteiger charge is 2.16. The minimum Gasteiger partial charge on any atom is -0.316 e.